The largest absolute Gasteiger partial charge is 0.388 e. The van der Waals surface area contributed by atoms with Crippen molar-refractivity contribution in [3.05, 3.63) is 47.1 Å². The predicted molar refractivity (Wildman–Crippen MR) is 81.7 cm³/mol. The molecule has 0 unspecified atom stereocenters. The van der Waals surface area contributed by atoms with Crippen molar-refractivity contribution in [2.75, 3.05) is 0 Å². The van der Waals surface area contributed by atoms with Crippen molar-refractivity contribution in [2.45, 2.75) is 31.9 Å². The molecule has 2 heterocycles. The summed E-state index contributed by atoms with van der Waals surface area (Å²) in [7, 11) is 0. The van der Waals surface area contributed by atoms with Crippen LogP contribution in [-0.2, 0) is 13.2 Å². The van der Waals surface area contributed by atoms with Crippen LogP contribution >= 0.6 is 0 Å². The Bertz CT molecular complexity index is 863. The summed E-state index contributed by atoms with van der Waals surface area (Å²) in [5, 5.41) is 15.9. The third-order valence-corrected chi connectivity index (χ3v) is 3.93. The smallest absolute Gasteiger partial charge is 0.251 e. The normalized spacial score (nSPS) is 14.3. The average molecular weight is 312 g/mol. The van der Waals surface area contributed by atoms with Gasteiger partial charge in [-0.15, -0.1) is 0 Å². The number of aliphatic hydroxyl groups excluding tert-OH is 1. The summed E-state index contributed by atoms with van der Waals surface area (Å²) in [5.41, 5.74) is 2.69. The van der Waals surface area contributed by atoms with Crippen molar-refractivity contribution in [1.82, 2.24) is 20.4 Å². The molecule has 0 saturated heterocycles. The van der Waals surface area contributed by atoms with Gasteiger partial charge in [-0.05, 0) is 31.0 Å². The van der Waals surface area contributed by atoms with Crippen LogP contribution in [0.2, 0.25) is 0 Å². The fourth-order valence-corrected chi connectivity index (χ4v) is 2.52. The van der Waals surface area contributed by atoms with E-state index in [0.29, 0.717) is 23.9 Å². The van der Waals surface area contributed by atoms with Crippen molar-refractivity contribution in [1.29, 1.82) is 0 Å². The number of aromatic amines is 1. The van der Waals surface area contributed by atoms with E-state index in [1.54, 1.807) is 18.2 Å². The molecule has 7 heteroatoms. The molecule has 1 saturated carbocycles. The highest BCUT2D eigenvalue weighted by Crippen LogP contribution is 2.40. The lowest BCUT2D eigenvalue weighted by molar-refractivity contribution is 0.0950. The molecule has 3 aromatic rings. The maximum Gasteiger partial charge on any atom is 0.251 e. The van der Waals surface area contributed by atoms with Crippen LogP contribution in [0.4, 0.5) is 0 Å². The molecule has 23 heavy (non-hydrogen) atoms. The number of amides is 1. The average Bonchev–Trinajstić information content (AvgIpc) is 3.17. The van der Waals surface area contributed by atoms with Crippen LogP contribution in [0.5, 0.6) is 0 Å². The van der Waals surface area contributed by atoms with E-state index in [0.717, 1.165) is 35.3 Å². The van der Waals surface area contributed by atoms with Gasteiger partial charge in [0.05, 0.1) is 17.6 Å². The quantitative estimate of drug-likeness (QED) is 0.667. The zero-order valence-corrected chi connectivity index (χ0v) is 12.4. The summed E-state index contributed by atoms with van der Waals surface area (Å²) in [6, 6.07) is 7.08. The molecule has 118 valence electrons. The number of nitrogens with zero attached hydrogens (tertiary/aromatic N) is 2. The zero-order valence-electron chi connectivity index (χ0n) is 12.4. The SMILES string of the molecule is O=C(NCc1cc(C2CC2)on1)c1ccc2nc(CO)[nH]c2c1. The van der Waals surface area contributed by atoms with Crippen LogP contribution in [0, 0.1) is 0 Å². The summed E-state index contributed by atoms with van der Waals surface area (Å²) >= 11 is 0. The molecule has 1 aromatic carbocycles. The first-order valence-corrected chi connectivity index (χ1v) is 7.56. The minimum absolute atomic E-state index is 0.161. The summed E-state index contributed by atoms with van der Waals surface area (Å²) < 4.78 is 5.26. The molecule has 1 aliphatic carbocycles. The molecule has 0 aliphatic heterocycles. The maximum atomic E-state index is 12.2. The molecule has 1 fully saturated rings. The van der Waals surface area contributed by atoms with Gasteiger partial charge in [0.1, 0.15) is 23.9 Å². The number of benzene rings is 1. The van der Waals surface area contributed by atoms with Crippen LogP contribution in [0.15, 0.2) is 28.8 Å². The summed E-state index contributed by atoms with van der Waals surface area (Å²) in [5.74, 6) is 1.70. The second-order valence-corrected chi connectivity index (χ2v) is 5.75. The third-order valence-electron chi connectivity index (χ3n) is 3.93. The first-order chi connectivity index (χ1) is 11.2. The molecule has 1 amide bonds. The van der Waals surface area contributed by atoms with E-state index >= 15 is 0 Å². The molecule has 0 atom stereocenters. The Balaban J connectivity index is 1.45. The molecule has 4 rings (SSSR count). The van der Waals surface area contributed by atoms with E-state index in [9.17, 15) is 4.79 Å². The molecule has 0 spiro atoms. The van der Waals surface area contributed by atoms with Gasteiger partial charge in [-0.1, -0.05) is 5.16 Å². The van der Waals surface area contributed by atoms with Gasteiger partial charge in [0.2, 0.25) is 0 Å². The van der Waals surface area contributed by atoms with Crippen LogP contribution in [-0.4, -0.2) is 26.1 Å². The Kier molecular flexibility index (Phi) is 3.34. The molecular formula is C16H16N4O3. The highest BCUT2D eigenvalue weighted by molar-refractivity contribution is 5.97. The topological polar surface area (TPSA) is 104 Å². The molecule has 0 bridgehead atoms. The number of rotatable bonds is 5. The summed E-state index contributed by atoms with van der Waals surface area (Å²) in [4.78, 5) is 19.4. The predicted octanol–water partition coefficient (Wildman–Crippen LogP) is 1.85. The van der Waals surface area contributed by atoms with Crippen LogP contribution in [0.25, 0.3) is 11.0 Å². The molecular weight excluding hydrogens is 296 g/mol. The van der Waals surface area contributed by atoms with Crippen LogP contribution in [0.1, 0.15) is 46.4 Å². The van der Waals surface area contributed by atoms with Gasteiger partial charge in [-0.3, -0.25) is 4.79 Å². The van der Waals surface area contributed by atoms with E-state index < -0.39 is 0 Å². The van der Waals surface area contributed by atoms with E-state index in [4.69, 9.17) is 9.63 Å². The van der Waals surface area contributed by atoms with Gasteiger partial charge in [0.25, 0.3) is 5.91 Å². The number of H-pyrrole nitrogens is 1. The number of carbonyl (C=O) groups is 1. The van der Waals surface area contributed by atoms with Crippen LogP contribution in [0.3, 0.4) is 0 Å². The first kappa shape index (κ1) is 14.0. The minimum Gasteiger partial charge on any atom is -0.388 e. The van der Waals surface area contributed by atoms with Gasteiger partial charge in [-0.2, -0.15) is 0 Å². The lowest BCUT2D eigenvalue weighted by Crippen LogP contribution is -2.22. The number of aromatic nitrogens is 3. The van der Waals surface area contributed by atoms with E-state index in [1.807, 2.05) is 6.07 Å². The van der Waals surface area contributed by atoms with Gasteiger partial charge in [-0.25, -0.2) is 4.98 Å². The number of carbonyl (C=O) groups excluding carboxylic acids is 1. The number of nitrogens with one attached hydrogen (secondary N) is 2. The van der Waals surface area contributed by atoms with Crippen molar-refractivity contribution < 1.29 is 14.4 Å². The number of hydrogen-bond donors (Lipinski definition) is 3. The number of aliphatic hydroxyl groups is 1. The van der Waals surface area contributed by atoms with Gasteiger partial charge < -0.3 is 19.9 Å². The lowest BCUT2D eigenvalue weighted by atomic mass is 10.2. The lowest BCUT2D eigenvalue weighted by Gasteiger charge is -2.02. The number of fused-ring (bicyclic) bond motifs is 1. The Morgan fingerprint density at radius 1 is 1.39 bits per heavy atom. The van der Waals surface area contributed by atoms with Crippen LogP contribution < -0.4 is 5.32 Å². The number of imidazole rings is 1. The highest BCUT2D eigenvalue weighted by atomic mass is 16.5. The molecule has 1 aliphatic rings. The van der Waals surface area contributed by atoms with Gasteiger partial charge in [0.15, 0.2) is 0 Å². The van der Waals surface area contributed by atoms with Crippen molar-refractivity contribution in [3.63, 3.8) is 0 Å². The third kappa shape index (κ3) is 2.83. The molecule has 7 nitrogen and oxygen atoms in total. The van der Waals surface area contributed by atoms with Crippen molar-refractivity contribution >= 4 is 16.9 Å². The Morgan fingerprint density at radius 2 is 2.26 bits per heavy atom. The van der Waals surface area contributed by atoms with E-state index in [2.05, 4.69) is 20.4 Å². The Morgan fingerprint density at radius 3 is 3.04 bits per heavy atom. The van der Waals surface area contributed by atoms with Crippen molar-refractivity contribution in [3.8, 4) is 0 Å². The first-order valence-electron chi connectivity index (χ1n) is 7.56. The Hall–Kier alpha value is -2.67. The van der Waals surface area contributed by atoms with Gasteiger partial charge in [0, 0.05) is 17.5 Å². The maximum absolute atomic E-state index is 12.2. The highest BCUT2D eigenvalue weighted by Gasteiger charge is 2.27. The minimum atomic E-state index is -0.192. The summed E-state index contributed by atoms with van der Waals surface area (Å²) in [6.07, 6.45) is 2.31. The molecule has 2 aromatic heterocycles. The number of hydrogen-bond acceptors (Lipinski definition) is 5. The second-order valence-electron chi connectivity index (χ2n) is 5.75. The van der Waals surface area contributed by atoms with E-state index in [-0.39, 0.29) is 12.5 Å². The fraction of sp³-hybridized carbons (Fsp3) is 0.312. The zero-order chi connectivity index (χ0) is 15.8. The molecule has 3 N–H and O–H groups in total. The monoisotopic (exact) mass is 312 g/mol. The van der Waals surface area contributed by atoms with Crippen molar-refractivity contribution in [2.24, 2.45) is 0 Å². The second kappa shape index (κ2) is 5.51. The molecule has 0 radical (unpaired) electrons. The summed E-state index contributed by atoms with van der Waals surface area (Å²) in [6.45, 7) is 0.170. The van der Waals surface area contributed by atoms with E-state index in [1.165, 1.54) is 0 Å². The Labute approximate surface area is 131 Å². The standard InChI is InChI=1S/C16H16N4O3/c21-8-15-18-12-4-3-10(5-13(12)19-15)16(22)17-7-11-6-14(23-20-11)9-1-2-9/h3-6,9,21H,1-2,7-8H2,(H,17,22)(H,18,19). The fourth-order valence-electron chi connectivity index (χ4n) is 2.52. The van der Waals surface area contributed by atoms with Gasteiger partial charge >= 0.3 is 0 Å².